The van der Waals surface area contributed by atoms with Crippen LogP contribution in [0.4, 0.5) is 4.79 Å². The Morgan fingerprint density at radius 3 is 1.78 bits per heavy atom. The zero-order valence-electron chi connectivity index (χ0n) is 19.6. The molecule has 1 unspecified atom stereocenters. The molecule has 2 amide bonds. The van der Waals surface area contributed by atoms with Crippen LogP contribution < -0.4 is 5.43 Å². The first-order valence-corrected chi connectivity index (χ1v) is 10.5. The van der Waals surface area contributed by atoms with Crippen molar-refractivity contribution in [2.24, 2.45) is 5.10 Å². The second kappa shape index (κ2) is 10.4. The summed E-state index contributed by atoms with van der Waals surface area (Å²) in [6.45, 7) is 10.7. The standard InChI is InChI=1S/C25H33N3O4/c1-24(2,3)28(20(22(29)30)17-32-25(4,5)6)23(31)27-26-21(18-13-9-7-10-14-18)19-15-11-8-12-16-19/h7-16,20H,17H2,1-6H3,(H,27,31)(H,29,30). The fraction of sp³-hybridized carbons (Fsp3) is 0.400. The third-order valence-corrected chi connectivity index (χ3v) is 4.57. The number of benzene rings is 2. The molecule has 2 aromatic rings. The maximum Gasteiger partial charge on any atom is 0.339 e. The molecule has 2 aromatic carbocycles. The Balaban J connectivity index is 2.38. The van der Waals surface area contributed by atoms with Gasteiger partial charge in [0.25, 0.3) is 0 Å². The Kier molecular flexibility index (Phi) is 8.16. The molecule has 0 heterocycles. The Hall–Kier alpha value is -3.19. The van der Waals surface area contributed by atoms with E-state index in [1.807, 2.05) is 81.4 Å². The van der Waals surface area contributed by atoms with Gasteiger partial charge in [-0.1, -0.05) is 60.7 Å². The molecule has 2 N–H and O–H groups in total. The second-order valence-electron chi connectivity index (χ2n) is 9.43. The van der Waals surface area contributed by atoms with Crippen LogP contribution >= 0.6 is 0 Å². The van der Waals surface area contributed by atoms with E-state index in [2.05, 4.69) is 10.5 Å². The summed E-state index contributed by atoms with van der Waals surface area (Å²) in [5.41, 5.74) is 3.47. The van der Waals surface area contributed by atoms with Gasteiger partial charge < -0.3 is 14.7 Å². The van der Waals surface area contributed by atoms with E-state index in [1.54, 1.807) is 20.8 Å². The van der Waals surface area contributed by atoms with Crippen molar-refractivity contribution in [1.29, 1.82) is 0 Å². The number of carboxylic acid groups (broad SMARTS) is 1. The molecule has 0 saturated carbocycles. The zero-order valence-corrected chi connectivity index (χ0v) is 19.6. The summed E-state index contributed by atoms with van der Waals surface area (Å²) in [7, 11) is 0. The minimum Gasteiger partial charge on any atom is -0.480 e. The third kappa shape index (κ3) is 7.20. The number of rotatable bonds is 7. The molecule has 0 radical (unpaired) electrons. The molecule has 32 heavy (non-hydrogen) atoms. The molecule has 0 aliphatic heterocycles. The first kappa shape index (κ1) is 25.1. The lowest BCUT2D eigenvalue weighted by molar-refractivity contribution is -0.149. The number of hydrogen-bond donors (Lipinski definition) is 2. The lowest BCUT2D eigenvalue weighted by Gasteiger charge is -2.39. The SMILES string of the molecule is CC(C)(C)OCC(C(=O)O)N(C(=O)NN=C(c1ccccc1)c1ccccc1)C(C)(C)C. The molecule has 0 bridgehead atoms. The van der Waals surface area contributed by atoms with Crippen LogP contribution in [0.2, 0.25) is 0 Å². The van der Waals surface area contributed by atoms with Crippen LogP contribution in [0.1, 0.15) is 52.7 Å². The van der Waals surface area contributed by atoms with E-state index in [-0.39, 0.29) is 6.61 Å². The number of urea groups is 1. The first-order valence-electron chi connectivity index (χ1n) is 10.5. The van der Waals surface area contributed by atoms with Gasteiger partial charge in [0.2, 0.25) is 0 Å². The van der Waals surface area contributed by atoms with Gasteiger partial charge in [-0.25, -0.2) is 15.0 Å². The van der Waals surface area contributed by atoms with Crippen molar-refractivity contribution < 1.29 is 19.4 Å². The van der Waals surface area contributed by atoms with Crippen molar-refractivity contribution in [3.05, 3.63) is 71.8 Å². The summed E-state index contributed by atoms with van der Waals surface area (Å²) in [6.07, 6.45) is 0. The molecule has 0 spiro atoms. The minimum absolute atomic E-state index is 0.141. The number of hydrogen-bond acceptors (Lipinski definition) is 4. The summed E-state index contributed by atoms with van der Waals surface area (Å²) in [5.74, 6) is -1.14. The lowest BCUT2D eigenvalue weighted by atomic mass is 10.0. The number of nitrogens with one attached hydrogen (secondary N) is 1. The van der Waals surface area contributed by atoms with Crippen LogP contribution in [0, 0.1) is 0 Å². The molecule has 0 aromatic heterocycles. The Morgan fingerprint density at radius 1 is 0.938 bits per heavy atom. The maximum absolute atomic E-state index is 13.2. The Bertz CT molecular complexity index is 888. The van der Waals surface area contributed by atoms with Gasteiger partial charge in [-0.05, 0) is 41.5 Å². The second-order valence-corrected chi connectivity index (χ2v) is 9.43. The predicted octanol–water partition coefficient (Wildman–Crippen LogP) is 4.52. The van der Waals surface area contributed by atoms with E-state index in [0.717, 1.165) is 11.1 Å². The highest BCUT2D eigenvalue weighted by molar-refractivity contribution is 6.13. The Morgan fingerprint density at radius 2 is 1.41 bits per heavy atom. The van der Waals surface area contributed by atoms with Crippen LogP contribution in [-0.4, -0.2) is 51.5 Å². The molecule has 1 atom stereocenters. The quantitative estimate of drug-likeness (QED) is 0.490. The number of carbonyl (C=O) groups is 2. The molecule has 7 nitrogen and oxygen atoms in total. The van der Waals surface area contributed by atoms with Crippen molar-refractivity contribution in [3.8, 4) is 0 Å². The summed E-state index contributed by atoms with van der Waals surface area (Å²) in [5, 5.41) is 14.2. The summed E-state index contributed by atoms with van der Waals surface area (Å²) in [6, 6.07) is 17.2. The van der Waals surface area contributed by atoms with Crippen molar-refractivity contribution in [2.75, 3.05) is 6.61 Å². The highest BCUT2D eigenvalue weighted by Gasteiger charge is 2.38. The van der Waals surface area contributed by atoms with Gasteiger partial charge in [0.05, 0.1) is 17.9 Å². The molecule has 0 saturated heterocycles. The number of aliphatic carboxylic acids is 1. The summed E-state index contributed by atoms with van der Waals surface area (Å²) in [4.78, 5) is 26.5. The topological polar surface area (TPSA) is 91.2 Å². The van der Waals surface area contributed by atoms with Crippen LogP contribution in [0.15, 0.2) is 65.8 Å². The fourth-order valence-electron chi connectivity index (χ4n) is 3.14. The van der Waals surface area contributed by atoms with Crippen LogP contribution in [0.25, 0.3) is 0 Å². The van der Waals surface area contributed by atoms with Gasteiger partial charge in [0, 0.05) is 16.7 Å². The smallest absolute Gasteiger partial charge is 0.339 e. The molecular weight excluding hydrogens is 406 g/mol. The van der Waals surface area contributed by atoms with Gasteiger partial charge in [0.1, 0.15) is 0 Å². The van der Waals surface area contributed by atoms with Crippen molar-refractivity contribution >= 4 is 17.7 Å². The van der Waals surface area contributed by atoms with Crippen molar-refractivity contribution in [2.45, 2.75) is 58.7 Å². The maximum atomic E-state index is 13.2. The fourth-order valence-corrected chi connectivity index (χ4v) is 3.14. The summed E-state index contributed by atoms with van der Waals surface area (Å²) >= 11 is 0. The number of nitrogens with zero attached hydrogens (tertiary/aromatic N) is 2. The van der Waals surface area contributed by atoms with Crippen molar-refractivity contribution in [3.63, 3.8) is 0 Å². The molecule has 0 aliphatic rings. The molecule has 7 heteroatoms. The van der Waals surface area contributed by atoms with E-state index in [4.69, 9.17) is 4.74 Å². The van der Waals surface area contributed by atoms with Gasteiger partial charge in [-0.15, -0.1) is 0 Å². The first-order chi connectivity index (χ1) is 14.9. The van der Waals surface area contributed by atoms with Crippen LogP contribution in [0.5, 0.6) is 0 Å². The Labute approximate surface area is 190 Å². The zero-order chi connectivity index (χ0) is 23.9. The van der Waals surface area contributed by atoms with E-state index < -0.39 is 29.2 Å². The molecule has 2 rings (SSSR count). The van der Waals surface area contributed by atoms with E-state index in [9.17, 15) is 14.7 Å². The summed E-state index contributed by atoms with van der Waals surface area (Å²) < 4.78 is 5.71. The average Bonchev–Trinajstić information content (AvgIpc) is 2.70. The van der Waals surface area contributed by atoms with E-state index in [0.29, 0.717) is 5.71 Å². The van der Waals surface area contributed by atoms with Gasteiger partial charge in [0.15, 0.2) is 6.04 Å². The molecular formula is C25H33N3O4. The number of carboxylic acids is 1. The highest BCUT2D eigenvalue weighted by Crippen LogP contribution is 2.20. The highest BCUT2D eigenvalue weighted by atomic mass is 16.5. The molecule has 172 valence electrons. The van der Waals surface area contributed by atoms with Crippen LogP contribution in [-0.2, 0) is 9.53 Å². The monoisotopic (exact) mass is 439 g/mol. The average molecular weight is 440 g/mol. The lowest BCUT2D eigenvalue weighted by Crippen LogP contribution is -2.59. The van der Waals surface area contributed by atoms with E-state index >= 15 is 0 Å². The number of amides is 2. The largest absolute Gasteiger partial charge is 0.480 e. The molecule has 0 aliphatic carbocycles. The third-order valence-electron chi connectivity index (χ3n) is 4.57. The minimum atomic E-state index is -1.18. The van der Waals surface area contributed by atoms with Gasteiger partial charge in [-0.3, -0.25) is 0 Å². The van der Waals surface area contributed by atoms with E-state index in [1.165, 1.54) is 4.90 Å². The van der Waals surface area contributed by atoms with Crippen LogP contribution in [0.3, 0.4) is 0 Å². The van der Waals surface area contributed by atoms with Crippen molar-refractivity contribution in [1.82, 2.24) is 10.3 Å². The number of hydrazone groups is 1. The van der Waals surface area contributed by atoms with Gasteiger partial charge >= 0.3 is 12.0 Å². The van der Waals surface area contributed by atoms with Gasteiger partial charge in [-0.2, -0.15) is 5.10 Å². The predicted molar refractivity (Wildman–Crippen MR) is 126 cm³/mol. The number of ether oxygens (including phenoxy) is 1. The molecule has 0 fully saturated rings. The normalized spacial score (nSPS) is 12.6. The number of carbonyl (C=O) groups excluding carboxylic acids is 1.